The minimum atomic E-state index is 0.000646. The summed E-state index contributed by atoms with van der Waals surface area (Å²) >= 11 is 0. The Morgan fingerprint density at radius 1 is 0.742 bits per heavy atom. The molecule has 0 unspecified atom stereocenters. The smallest absolute Gasteiger partial charge is 0.254 e. The number of amides is 1. The van der Waals surface area contributed by atoms with Gasteiger partial charge in [-0.05, 0) is 53.6 Å². The second-order valence-electron chi connectivity index (χ2n) is 8.11. The van der Waals surface area contributed by atoms with Crippen molar-refractivity contribution >= 4 is 17.3 Å². The highest BCUT2D eigenvalue weighted by atomic mass is 16.2. The van der Waals surface area contributed by atoms with Crippen molar-refractivity contribution in [2.75, 3.05) is 36.0 Å². The van der Waals surface area contributed by atoms with E-state index in [4.69, 9.17) is 5.26 Å². The fourth-order valence-corrected chi connectivity index (χ4v) is 4.46. The first kappa shape index (κ1) is 19.2. The van der Waals surface area contributed by atoms with Crippen molar-refractivity contribution in [3.05, 3.63) is 95.1 Å². The van der Waals surface area contributed by atoms with Gasteiger partial charge in [0.25, 0.3) is 5.91 Å². The van der Waals surface area contributed by atoms with Crippen molar-refractivity contribution in [3.8, 4) is 6.07 Å². The maximum Gasteiger partial charge on any atom is 0.254 e. The molecule has 5 nitrogen and oxygen atoms in total. The van der Waals surface area contributed by atoms with Gasteiger partial charge in [-0.2, -0.15) is 5.26 Å². The van der Waals surface area contributed by atoms with Gasteiger partial charge in [-0.3, -0.25) is 4.79 Å². The van der Waals surface area contributed by atoms with E-state index >= 15 is 0 Å². The van der Waals surface area contributed by atoms with E-state index < -0.39 is 0 Å². The van der Waals surface area contributed by atoms with Crippen LogP contribution in [0.4, 0.5) is 11.4 Å². The zero-order valence-corrected chi connectivity index (χ0v) is 17.4. The van der Waals surface area contributed by atoms with E-state index in [0.29, 0.717) is 24.2 Å². The molecule has 2 aliphatic heterocycles. The summed E-state index contributed by atoms with van der Waals surface area (Å²) in [7, 11) is 0. The second-order valence-corrected chi connectivity index (χ2v) is 8.11. The minimum Gasteiger partial charge on any atom is -0.368 e. The highest BCUT2D eigenvalue weighted by Gasteiger charge is 2.23. The summed E-state index contributed by atoms with van der Waals surface area (Å²) in [6.07, 6.45) is 0. The molecule has 0 aromatic heterocycles. The number of hydrogen-bond donors (Lipinski definition) is 0. The molecular formula is C26H24N4O. The van der Waals surface area contributed by atoms with E-state index in [9.17, 15) is 4.79 Å². The second kappa shape index (κ2) is 8.16. The van der Waals surface area contributed by atoms with Gasteiger partial charge < -0.3 is 14.7 Å². The quantitative estimate of drug-likeness (QED) is 0.656. The maximum atomic E-state index is 12.8. The van der Waals surface area contributed by atoms with Gasteiger partial charge in [0.1, 0.15) is 0 Å². The predicted molar refractivity (Wildman–Crippen MR) is 122 cm³/mol. The predicted octanol–water partition coefficient (Wildman–Crippen LogP) is 4.04. The van der Waals surface area contributed by atoms with Crippen LogP contribution in [0.1, 0.15) is 27.0 Å². The van der Waals surface area contributed by atoms with Crippen molar-refractivity contribution in [2.45, 2.75) is 13.1 Å². The molecule has 2 aliphatic rings. The third-order valence-corrected chi connectivity index (χ3v) is 6.23. The Bertz CT molecular complexity index is 1120. The third-order valence-electron chi connectivity index (χ3n) is 6.23. The van der Waals surface area contributed by atoms with E-state index in [1.165, 1.54) is 22.5 Å². The van der Waals surface area contributed by atoms with Gasteiger partial charge in [-0.1, -0.05) is 30.3 Å². The molecule has 0 saturated carbocycles. The highest BCUT2D eigenvalue weighted by Crippen LogP contribution is 2.29. The SMILES string of the molecule is N#Cc1cccc(C(=O)N2CCN(c3ccc(N4Cc5ccccc5C4)cc3)CC2)c1. The van der Waals surface area contributed by atoms with Crippen LogP contribution in [0.5, 0.6) is 0 Å². The first-order valence-electron chi connectivity index (χ1n) is 10.7. The van der Waals surface area contributed by atoms with Crippen LogP contribution in [0.2, 0.25) is 0 Å². The maximum absolute atomic E-state index is 12.8. The van der Waals surface area contributed by atoms with Gasteiger partial charge in [-0.25, -0.2) is 0 Å². The Labute approximate surface area is 182 Å². The molecule has 31 heavy (non-hydrogen) atoms. The van der Waals surface area contributed by atoms with Crippen molar-refractivity contribution in [3.63, 3.8) is 0 Å². The summed E-state index contributed by atoms with van der Waals surface area (Å²) in [5.74, 6) is 0.000646. The summed E-state index contributed by atoms with van der Waals surface area (Å²) in [6, 6.07) is 26.4. The fraction of sp³-hybridized carbons (Fsp3) is 0.231. The van der Waals surface area contributed by atoms with E-state index in [0.717, 1.165) is 26.2 Å². The first-order chi connectivity index (χ1) is 15.2. The van der Waals surface area contributed by atoms with E-state index in [-0.39, 0.29) is 5.91 Å². The molecule has 0 atom stereocenters. The number of piperazine rings is 1. The lowest BCUT2D eigenvalue weighted by atomic mass is 10.1. The lowest BCUT2D eigenvalue weighted by Crippen LogP contribution is -2.48. The molecule has 1 saturated heterocycles. The molecule has 5 rings (SSSR count). The van der Waals surface area contributed by atoms with Crippen molar-refractivity contribution in [1.82, 2.24) is 4.90 Å². The Hall–Kier alpha value is -3.78. The Morgan fingerprint density at radius 2 is 1.35 bits per heavy atom. The fourth-order valence-electron chi connectivity index (χ4n) is 4.46. The molecular weight excluding hydrogens is 384 g/mol. The number of benzene rings is 3. The number of nitriles is 1. The number of fused-ring (bicyclic) bond motifs is 1. The van der Waals surface area contributed by atoms with Gasteiger partial charge in [0, 0.05) is 56.2 Å². The number of carbonyl (C=O) groups excluding carboxylic acids is 1. The molecule has 0 radical (unpaired) electrons. The number of anilines is 2. The minimum absolute atomic E-state index is 0.000646. The number of carbonyl (C=O) groups is 1. The van der Waals surface area contributed by atoms with E-state index in [1.54, 1.807) is 24.3 Å². The average Bonchev–Trinajstić information content (AvgIpc) is 3.28. The molecule has 3 aromatic rings. The molecule has 0 N–H and O–H groups in total. The monoisotopic (exact) mass is 408 g/mol. The Morgan fingerprint density at radius 3 is 1.97 bits per heavy atom. The molecule has 0 spiro atoms. The zero-order chi connectivity index (χ0) is 21.2. The summed E-state index contributed by atoms with van der Waals surface area (Å²) in [4.78, 5) is 19.4. The van der Waals surface area contributed by atoms with Crippen molar-refractivity contribution in [2.24, 2.45) is 0 Å². The zero-order valence-electron chi connectivity index (χ0n) is 17.4. The van der Waals surface area contributed by atoms with Crippen molar-refractivity contribution < 1.29 is 4.79 Å². The van der Waals surface area contributed by atoms with Gasteiger partial charge in [-0.15, -0.1) is 0 Å². The average molecular weight is 409 g/mol. The molecule has 3 aromatic carbocycles. The van der Waals surface area contributed by atoms with E-state index in [1.807, 2.05) is 4.90 Å². The van der Waals surface area contributed by atoms with Crippen LogP contribution in [0.15, 0.2) is 72.8 Å². The van der Waals surface area contributed by atoms with Crippen LogP contribution in [-0.2, 0) is 13.1 Å². The van der Waals surface area contributed by atoms with Crippen LogP contribution in [-0.4, -0.2) is 37.0 Å². The Kier molecular flexibility index (Phi) is 5.05. The van der Waals surface area contributed by atoms with Gasteiger partial charge in [0.2, 0.25) is 0 Å². The molecule has 0 bridgehead atoms. The lowest BCUT2D eigenvalue weighted by molar-refractivity contribution is 0.0746. The first-order valence-corrected chi connectivity index (χ1v) is 10.7. The van der Waals surface area contributed by atoms with Crippen molar-refractivity contribution in [1.29, 1.82) is 5.26 Å². The van der Waals surface area contributed by atoms with Crippen LogP contribution in [0.3, 0.4) is 0 Å². The summed E-state index contributed by atoms with van der Waals surface area (Å²) in [5.41, 5.74) is 6.36. The normalized spacial score (nSPS) is 15.5. The number of hydrogen-bond acceptors (Lipinski definition) is 4. The Balaban J connectivity index is 1.20. The lowest BCUT2D eigenvalue weighted by Gasteiger charge is -2.36. The molecule has 1 fully saturated rings. The summed E-state index contributed by atoms with van der Waals surface area (Å²) in [5, 5.41) is 9.06. The van der Waals surface area contributed by atoms with E-state index in [2.05, 4.69) is 64.4 Å². The standard InChI is InChI=1S/C26H24N4O/c27-17-20-4-3-7-21(16-20)26(31)29-14-12-28(13-15-29)24-8-10-25(11-9-24)30-18-22-5-1-2-6-23(22)19-30/h1-11,16H,12-15,18-19H2. The summed E-state index contributed by atoms with van der Waals surface area (Å²) < 4.78 is 0. The molecule has 5 heteroatoms. The third kappa shape index (κ3) is 3.85. The van der Waals surface area contributed by atoms with Crippen LogP contribution < -0.4 is 9.80 Å². The van der Waals surface area contributed by atoms with Crippen LogP contribution >= 0.6 is 0 Å². The van der Waals surface area contributed by atoms with Gasteiger partial charge in [0.05, 0.1) is 11.6 Å². The molecule has 154 valence electrons. The largest absolute Gasteiger partial charge is 0.368 e. The van der Waals surface area contributed by atoms with Gasteiger partial charge in [0.15, 0.2) is 0 Å². The highest BCUT2D eigenvalue weighted by molar-refractivity contribution is 5.94. The van der Waals surface area contributed by atoms with Gasteiger partial charge >= 0.3 is 0 Å². The molecule has 2 heterocycles. The topological polar surface area (TPSA) is 50.6 Å². The summed E-state index contributed by atoms with van der Waals surface area (Å²) in [6.45, 7) is 4.89. The number of nitrogens with zero attached hydrogens (tertiary/aromatic N) is 4. The molecule has 0 aliphatic carbocycles. The number of rotatable bonds is 3. The van der Waals surface area contributed by atoms with Crippen LogP contribution in [0, 0.1) is 11.3 Å². The molecule has 1 amide bonds. The van der Waals surface area contributed by atoms with Crippen LogP contribution in [0.25, 0.3) is 0 Å².